The number of esters is 1. The van der Waals surface area contributed by atoms with Crippen LogP contribution in [0.2, 0.25) is 0 Å². The molecule has 0 aliphatic carbocycles. The molecular weight excluding hydrogens is 340 g/mol. The molecule has 2 aliphatic heterocycles. The molecule has 134 valence electrons. The monoisotopic (exact) mass is 356 g/mol. The van der Waals surface area contributed by atoms with E-state index < -0.39 is 5.97 Å². The number of aryl methyl sites for hydroxylation is 1. The molecule has 4 rings (SSSR count). The van der Waals surface area contributed by atoms with Crippen molar-refractivity contribution in [3.8, 4) is 23.0 Å². The Labute approximate surface area is 149 Å². The SMILES string of the molecule is O=C(CCc1ccc2c(c1)OCO2)OCC(=O)c1ccc2c(c1)OCO2. The van der Waals surface area contributed by atoms with Crippen LogP contribution >= 0.6 is 0 Å². The zero-order valence-electron chi connectivity index (χ0n) is 13.9. The van der Waals surface area contributed by atoms with E-state index in [0.29, 0.717) is 35.0 Å². The number of carbonyl (C=O) groups is 2. The maximum atomic E-state index is 12.1. The van der Waals surface area contributed by atoms with E-state index in [4.69, 9.17) is 23.7 Å². The molecule has 0 spiro atoms. The van der Waals surface area contributed by atoms with Gasteiger partial charge in [-0.1, -0.05) is 6.07 Å². The topological polar surface area (TPSA) is 80.3 Å². The van der Waals surface area contributed by atoms with Crippen LogP contribution < -0.4 is 18.9 Å². The van der Waals surface area contributed by atoms with E-state index in [1.807, 2.05) is 18.2 Å². The fourth-order valence-corrected chi connectivity index (χ4v) is 2.71. The minimum Gasteiger partial charge on any atom is -0.457 e. The van der Waals surface area contributed by atoms with E-state index in [0.717, 1.165) is 5.56 Å². The Morgan fingerprint density at radius 1 is 0.846 bits per heavy atom. The van der Waals surface area contributed by atoms with Gasteiger partial charge in [0, 0.05) is 12.0 Å². The Morgan fingerprint density at radius 2 is 1.50 bits per heavy atom. The van der Waals surface area contributed by atoms with Crippen molar-refractivity contribution in [1.82, 2.24) is 0 Å². The summed E-state index contributed by atoms with van der Waals surface area (Å²) >= 11 is 0. The van der Waals surface area contributed by atoms with Crippen LogP contribution in [0.15, 0.2) is 36.4 Å². The second kappa shape index (κ2) is 6.95. The van der Waals surface area contributed by atoms with Gasteiger partial charge in [0.25, 0.3) is 0 Å². The summed E-state index contributed by atoms with van der Waals surface area (Å²) in [5.41, 5.74) is 1.35. The standard InChI is InChI=1S/C19H16O7/c20-14(13-3-5-16-18(8-13)26-11-24-16)9-22-19(21)6-2-12-1-4-15-17(7-12)25-10-23-15/h1,3-5,7-8H,2,6,9-11H2. The molecule has 0 bridgehead atoms. The average Bonchev–Trinajstić information content (AvgIpc) is 3.32. The summed E-state index contributed by atoms with van der Waals surface area (Å²) in [6.45, 7) is 0.0459. The Kier molecular flexibility index (Phi) is 4.35. The van der Waals surface area contributed by atoms with Crippen molar-refractivity contribution in [2.45, 2.75) is 12.8 Å². The highest BCUT2D eigenvalue weighted by Crippen LogP contribution is 2.33. The minimum absolute atomic E-state index is 0.141. The molecule has 7 heteroatoms. The van der Waals surface area contributed by atoms with Gasteiger partial charge in [-0.15, -0.1) is 0 Å². The highest BCUT2D eigenvalue weighted by molar-refractivity contribution is 5.98. The first-order valence-corrected chi connectivity index (χ1v) is 8.16. The van der Waals surface area contributed by atoms with E-state index in [-0.39, 0.29) is 32.4 Å². The molecule has 2 aromatic rings. The van der Waals surface area contributed by atoms with Crippen LogP contribution in [-0.2, 0) is 16.0 Å². The smallest absolute Gasteiger partial charge is 0.306 e. The molecule has 2 aromatic carbocycles. The maximum Gasteiger partial charge on any atom is 0.306 e. The fourth-order valence-electron chi connectivity index (χ4n) is 2.71. The van der Waals surface area contributed by atoms with Gasteiger partial charge in [-0.3, -0.25) is 9.59 Å². The lowest BCUT2D eigenvalue weighted by atomic mass is 10.1. The first-order valence-electron chi connectivity index (χ1n) is 8.16. The Bertz CT molecular complexity index is 859. The molecule has 2 heterocycles. The summed E-state index contributed by atoms with van der Waals surface area (Å²) < 4.78 is 26.1. The molecule has 0 unspecified atom stereocenters. The van der Waals surface area contributed by atoms with E-state index in [2.05, 4.69) is 0 Å². The zero-order valence-corrected chi connectivity index (χ0v) is 13.9. The summed E-state index contributed by atoms with van der Waals surface area (Å²) in [6, 6.07) is 10.4. The fraction of sp³-hybridized carbons (Fsp3) is 0.263. The number of Topliss-reactive ketones (excluding diaryl/α,β-unsaturated/α-hetero) is 1. The van der Waals surface area contributed by atoms with E-state index in [1.54, 1.807) is 18.2 Å². The molecule has 7 nitrogen and oxygen atoms in total. The molecule has 0 radical (unpaired) electrons. The molecule has 0 amide bonds. The molecule has 0 saturated carbocycles. The summed E-state index contributed by atoms with van der Waals surface area (Å²) in [4.78, 5) is 24.0. The van der Waals surface area contributed by atoms with Crippen molar-refractivity contribution in [3.63, 3.8) is 0 Å². The number of fused-ring (bicyclic) bond motifs is 2. The second-order valence-electron chi connectivity index (χ2n) is 5.84. The zero-order chi connectivity index (χ0) is 17.9. The van der Waals surface area contributed by atoms with Gasteiger partial charge in [-0.05, 0) is 42.3 Å². The lowest BCUT2D eigenvalue weighted by Gasteiger charge is -2.06. The number of carbonyl (C=O) groups excluding carboxylic acids is 2. The van der Waals surface area contributed by atoms with Crippen molar-refractivity contribution >= 4 is 11.8 Å². The van der Waals surface area contributed by atoms with Gasteiger partial charge in [0.05, 0.1) is 0 Å². The predicted molar refractivity (Wildman–Crippen MR) is 88.7 cm³/mol. The van der Waals surface area contributed by atoms with Gasteiger partial charge in [0.2, 0.25) is 13.6 Å². The van der Waals surface area contributed by atoms with Gasteiger partial charge in [0.1, 0.15) is 0 Å². The predicted octanol–water partition coefficient (Wildman–Crippen LogP) is 2.50. The summed E-state index contributed by atoms with van der Waals surface area (Å²) in [6.07, 6.45) is 0.668. The number of ether oxygens (including phenoxy) is 5. The third kappa shape index (κ3) is 3.42. The van der Waals surface area contributed by atoms with Gasteiger partial charge in [-0.25, -0.2) is 0 Å². The first kappa shape index (κ1) is 16.3. The van der Waals surface area contributed by atoms with Crippen molar-refractivity contribution in [1.29, 1.82) is 0 Å². The maximum absolute atomic E-state index is 12.1. The highest BCUT2D eigenvalue weighted by Gasteiger charge is 2.18. The summed E-state index contributed by atoms with van der Waals surface area (Å²) in [5, 5.41) is 0. The quantitative estimate of drug-likeness (QED) is 0.581. The number of ketones is 1. The van der Waals surface area contributed by atoms with E-state index >= 15 is 0 Å². The molecule has 0 saturated heterocycles. The van der Waals surface area contributed by atoms with Crippen molar-refractivity contribution < 1.29 is 33.3 Å². The number of hydrogen-bond donors (Lipinski definition) is 0. The Balaban J connectivity index is 1.26. The number of rotatable bonds is 6. The van der Waals surface area contributed by atoms with Crippen molar-refractivity contribution in [2.24, 2.45) is 0 Å². The van der Waals surface area contributed by atoms with Crippen LogP contribution in [0.3, 0.4) is 0 Å². The minimum atomic E-state index is -0.434. The molecule has 0 fully saturated rings. The van der Waals surface area contributed by atoms with Crippen LogP contribution in [0.4, 0.5) is 0 Å². The van der Waals surface area contributed by atoms with Gasteiger partial charge in [0.15, 0.2) is 35.4 Å². The second-order valence-corrected chi connectivity index (χ2v) is 5.84. The molecule has 2 aliphatic rings. The molecular formula is C19H16O7. The average molecular weight is 356 g/mol. The third-order valence-corrected chi connectivity index (χ3v) is 4.11. The van der Waals surface area contributed by atoms with E-state index in [1.165, 1.54) is 0 Å². The normalized spacial score (nSPS) is 13.5. The highest BCUT2D eigenvalue weighted by atomic mass is 16.7. The van der Waals surface area contributed by atoms with Crippen LogP contribution in [0, 0.1) is 0 Å². The molecule has 0 N–H and O–H groups in total. The van der Waals surface area contributed by atoms with Crippen LogP contribution in [-0.4, -0.2) is 31.9 Å². The van der Waals surface area contributed by atoms with Crippen molar-refractivity contribution in [3.05, 3.63) is 47.5 Å². The lowest BCUT2D eigenvalue weighted by Crippen LogP contribution is -2.14. The van der Waals surface area contributed by atoms with Crippen LogP contribution in [0.25, 0.3) is 0 Å². The largest absolute Gasteiger partial charge is 0.457 e. The number of benzene rings is 2. The Morgan fingerprint density at radius 3 is 2.27 bits per heavy atom. The van der Waals surface area contributed by atoms with Gasteiger partial charge < -0.3 is 23.7 Å². The first-order chi connectivity index (χ1) is 12.7. The van der Waals surface area contributed by atoms with E-state index in [9.17, 15) is 9.59 Å². The van der Waals surface area contributed by atoms with Crippen molar-refractivity contribution in [2.75, 3.05) is 20.2 Å². The summed E-state index contributed by atoms with van der Waals surface area (Å²) in [7, 11) is 0. The van der Waals surface area contributed by atoms with Gasteiger partial charge in [-0.2, -0.15) is 0 Å². The summed E-state index contributed by atoms with van der Waals surface area (Å²) in [5.74, 6) is 1.77. The lowest BCUT2D eigenvalue weighted by molar-refractivity contribution is -0.142. The number of hydrogen-bond acceptors (Lipinski definition) is 7. The molecule has 26 heavy (non-hydrogen) atoms. The molecule has 0 atom stereocenters. The third-order valence-electron chi connectivity index (χ3n) is 4.11. The molecule has 0 aromatic heterocycles. The van der Waals surface area contributed by atoms with Gasteiger partial charge >= 0.3 is 5.97 Å². The van der Waals surface area contributed by atoms with Crippen LogP contribution in [0.1, 0.15) is 22.3 Å². The van der Waals surface area contributed by atoms with Crippen LogP contribution in [0.5, 0.6) is 23.0 Å². The Hall–Kier alpha value is -3.22.